The Bertz CT molecular complexity index is 449. The van der Waals surface area contributed by atoms with Crippen LogP contribution in [0.5, 0.6) is 5.75 Å². The number of ether oxygens (including phenoxy) is 1. The minimum Gasteiger partial charge on any atom is -0.481 e. The van der Waals surface area contributed by atoms with Crippen molar-refractivity contribution in [3.8, 4) is 18.1 Å². The Morgan fingerprint density at radius 3 is 2.71 bits per heavy atom. The lowest BCUT2D eigenvalue weighted by molar-refractivity contribution is -0.117. The molecule has 0 radical (unpaired) electrons. The van der Waals surface area contributed by atoms with E-state index in [1.54, 1.807) is 4.90 Å². The van der Waals surface area contributed by atoms with Crippen molar-refractivity contribution in [1.29, 1.82) is 0 Å². The summed E-state index contributed by atoms with van der Waals surface area (Å²) in [4.78, 5) is 13.7. The van der Waals surface area contributed by atoms with Crippen LogP contribution < -0.4 is 9.64 Å². The number of benzene rings is 1. The van der Waals surface area contributed by atoms with E-state index < -0.39 is 0 Å². The summed E-state index contributed by atoms with van der Waals surface area (Å²) in [6.07, 6.45) is 5.66. The van der Waals surface area contributed by atoms with Crippen molar-refractivity contribution in [1.82, 2.24) is 0 Å². The van der Waals surface area contributed by atoms with E-state index in [-0.39, 0.29) is 17.3 Å². The molecule has 1 amide bonds. The summed E-state index contributed by atoms with van der Waals surface area (Å²) in [6.45, 7) is 0.967. The summed E-state index contributed by atoms with van der Waals surface area (Å²) in [5, 5.41) is 0. The van der Waals surface area contributed by atoms with Gasteiger partial charge in [0.25, 0.3) is 0 Å². The van der Waals surface area contributed by atoms with Crippen LogP contribution in [0.15, 0.2) is 24.3 Å². The van der Waals surface area contributed by atoms with Gasteiger partial charge in [0.05, 0.1) is 0 Å². The molecular formula is C13H12BrNO2. The second-order valence-corrected chi connectivity index (χ2v) is 5.09. The molecule has 1 fully saturated rings. The molecule has 0 bridgehead atoms. The molecule has 1 aliphatic rings. The first-order valence-corrected chi connectivity index (χ1v) is 6.23. The lowest BCUT2D eigenvalue weighted by Gasteiger charge is -2.16. The third-order valence-corrected chi connectivity index (χ3v) is 3.16. The van der Waals surface area contributed by atoms with Crippen LogP contribution in [-0.4, -0.2) is 23.9 Å². The van der Waals surface area contributed by atoms with E-state index in [0.717, 1.165) is 5.69 Å². The Morgan fingerprint density at radius 2 is 2.18 bits per heavy atom. The largest absolute Gasteiger partial charge is 0.481 e. The molecule has 1 unspecified atom stereocenters. The molecule has 0 saturated carbocycles. The molecule has 88 valence electrons. The maximum Gasteiger partial charge on any atom is 0.228 e. The summed E-state index contributed by atoms with van der Waals surface area (Å²) in [7, 11) is 0. The second kappa shape index (κ2) is 5.24. The van der Waals surface area contributed by atoms with E-state index >= 15 is 0 Å². The van der Waals surface area contributed by atoms with Crippen LogP contribution in [0.1, 0.15) is 6.42 Å². The molecule has 17 heavy (non-hydrogen) atoms. The molecule has 3 nitrogen and oxygen atoms in total. The number of hydrogen-bond donors (Lipinski definition) is 0. The normalized spacial score (nSPS) is 19.2. The molecule has 1 atom stereocenters. The Balaban J connectivity index is 2.08. The number of amides is 1. The summed E-state index contributed by atoms with van der Waals surface area (Å²) in [5.41, 5.74) is 0.894. The average Bonchev–Trinajstić information content (AvgIpc) is 2.66. The van der Waals surface area contributed by atoms with Gasteiger partial charge in [-0.25, -0.2) is 0 Å². The van der Waals surface area contributed by atoms with E-state index in [2.05, 4.69) is 21.9 Å². The summed E-state index contributed by atoms with van der Waals surface area (Å²) < 4.78 is 5.27. The van der Waals surface area contributed by atoms with Crippen LogP contribution in [0.2, 0.25) is 0 Å². The van der Waals surface area contributed by atoms with Crippen molar-refractivity contribution in [2.24, 2.45) is 0 Å². The minimum absolute atomic E-state index is 0.143. The van der Waals surface area contributed by atoms with E-state index in [1.165, 1.54) is 0 Å². The van der Waals surface area contributed by atoms with Gasteiger partial charge in [-0.3, -0.25) is 4.79 Å². The van der Waals surface area contributed by atoms with Crippen molar-refractivity contribution < 1.29 is 9.53 Å². The number of rotatable bonds is 3. The molecule has 1 aromatic carbocycles. The minimum atomic E-state index is 0.143. The number of anilines is 1. The maximum absolute atomic E-state index is 11.7. The first-order valence-electron chi connectivity index (χ1n) is 5.31. The zero-order valence-corrected chi connectivity index (χ0v) is 10.8. The van der Waals surface area contributed by atoms with Gasteiger partial charge < -0.3 is 9.64 Å². The SMILES string of the molecule is C#CCOc1ccc(N2CC(Br)CC2=O)cc1. The van der Waals surface area contributed by atoms with Gasteiger partial charge in [0.15, 0.2) is 0 Å². The fourth-order valence-electron chi connectivity index (χ4n) is 1.76. The lowest BCUT2D eigenvalue weighted by atomic mass is 10.3. The van der Waals surface area contributed by atoms with Crippen LogP contribution in [0.3, 0.4) is 0 Å². The molecule has 1 aromatic rings. The molecule has 2 rings (SSSR count). The summed E-state index contributed by atoms with van der Waals surface area (Å²) in [6, 6.07) is 7.38. The third kappa shape index (κ3) is 2.80. The van der Waals surface area contributed by atoms with Crippen LogP contribution >= 0.6 is 15.9 Å². The predicted octanol–water partition coefficient (Wildman–Crippen LogP) is 2.20. The fraction of sp³-hybridized carbons (Fsp3) is 0.308. The van der Waals surface area contributed by atoms with Gasteiger partial charge in [-0.1, -0.05) is 21.9 Å². The first kappa shape index (κ1) is 12.0. The van der Waals surface area contributed by atoms with Gasteiger partial charge in [0, 0.05) is 23.5 Å². The Labute approximate surface area is 109 Å². The van der Waals surface area contributed by atoms with Crippen molar-refractivity contribution in [3.05, 3.63) is 24.3 Å². The number of halogens is 1. The molecular weight excluding hydrogens is 282 g/mol. The van der Waals surface area contributed by atoms with Crippen LogP contribution in [0.25, 0.3) is 0 Å². The topological polar surface area (TPSA) is 29.5 Å². The van der Waals surface area contributed by atoms with Crippen molar-refractivity contribution in [2.75, 3.05) is 18.1 Å². The summed E-state index contributed by atoms with van der Waals surface area (Å²) in [5.74, 6) is 3.26. The van der Waals surface area contributed by atoms with Crippen LogP contribution in [-0.2, 0) is 4.79 Å². The van der Waals surface area contributed by atoms with E-state index in [4.69, 9.17) is 11.2 Å². The number of alkyl halides is 1. The highest BCUT2D eigenvalue weighted by Gasteiger charge is 2.28. The monoisotopic (exact) mass is 293 g/mol. The lowest BCUT2D eigenvalue weighted by Crippen LogP contribution is -2.24. The zero-order chi connectivity index (χ0) is 12.3. The molecule has 0 aromatic heterocycles. The number of carbonyl (C=O) groups excluding carboxylic acids is 1. The predicted molar refractivity (Wildman–Crippen MR) is 70.5 cm³/mol. The van der Waals surface area contributed by atoms with Crippen molar-refractivity contribution in [3.63, 3.8) is 0 Å². The quantitative estimate of drug-likeness (QED) is 0.632. The number of nitrogens with zero attached hydrogens (tertiary/aromatic N) is 1. The van der Waals surface area contributed by atoms with Gasteiger partial charge in [0.1, 0.15) is 12.4 Å². The first-order chi connectivity index (χ1) is 8.20. The maximum atomic E-state index is 11.7. The van der Waals surface area contributed by atoms with Crippen LogP contribution in [0, 0.1) is 12.3 Å². The Hall–Kier alpha value is -1.47. The number of carbonyl (C=O) groups is 1. The molecule has 0 aliphatic carbocycles. The highest BCUT2D eigenvalue weighted by Crippen LogP contribution is 2.26. The van der Waals surface area contributed by atoms with E-state index in [0.29, 0.717) is 18.7 Å². The molecule has 1 saturated heterocycles. The smallest absolute Gasteiger partial charge is 0.228 e. The highest BCUT2D eigenvalue weighted by molar-refractivity contribution is 9.09. The Morgan fingerprint density at radius 1 is 1.47 bits per heavy atom. The van der Waals surface area contributed by atoms with Gasteiger partial charge >= 0.3 is 0 Å². The number of terminal acetylenes is 1. The average molecular weight is 294 g/mol. The molecule has 1 heterocycles. The summed E-state index contributed by atoms with van der Waals surface area (Å²) >= 11 is 3.46. The molecule has 1 aliphatic heterocycles. The van der Waals surface area contributed by atoms with Gasteiger partial charge in [-0.15, -0.1) is 6.42 Å². The Kier molecular flexibility index (Phi) is 3.70. The molecule has 0 N–H and O–H groups in total. The number of hydrogen-bond acceptors (Lipinski definition) is 2. The molecule has 4 heteroatoms. The van der Waals surface area contributed by atoms with E-state index in [1.807, 2.05) is 24.3 Å². The van der Waals surface area contributed by atoms with Crippen LogP contribution in [0.4, 0.5) is 5.69 Å². The van der Waals surface area contributed by atoms with Gasteiger partial charge in [-0.05, 0) is 24.3 Å². The van der Waals surface area contributed by atoms with Crippen molar-refractivity contribution in [2.45, 2.75) is 11.2 Å². The van der Waals surface area contributed by atoms with Crippen molar-refractivity contribution >= 4 is 27.5 Å². The fourth-order valence-corrected chi connectivity index (χ4v) is 2.33. The van der Waals surface area contributed by atoms with Gasteiger partial charge in [0.2, 0.25) is 5.91 Å². The van der Waals surface area contributed by atoms with Gasteiger partial charge in [-0.2, -0.15) is 0 Å². The molecule has 0 spiro atoms. The highest BCUT2D eigenvalue weighted by atomic mass is 79.9. The third-order valence-electron chi connectivity index (χ3n) is 2.55. The zero-order valence-electron chi connectivity index (χ0n) is 9.23. The second-order valence-electron chi connectivity index (χ2n) is 3.79. The standard InChI is InChI=1S/C13H12BrNO2/c1-2-7-17-12-5-3-11(4-6-12)15-9-10(14)8-13(15)16/h1,3-6,10H,7-9H2. The van der Waals surface area contributed by atoms with E-state index in [9.17, 15) is 4.79 Å².